The number of benzene rings is 2. The van der Waals surface area contributed by atoms with Crippen LogP contribution in [0.3, 0.4) is 0 Å². The molecule has 1 saturated heterocycles. The van der Waals surface area contributed by atoms with Gasteiger partial charge in [-0.05, 0) is 44.2 Å². The van der Waals surface area contributed by atoms with E-state index in [1.165, 1.54) is 11.8 Å². The van der Waals surface area contributed by atoms with Gasteiger partial charge in [-0.1, -0.05) is 65.0 Å². The molecular formula is C19H15ClN2OS3. The van der Waals surface area contributed by atoms with Gasteiger partial charge < -0.3 is 4.90 Å². The molecule has 3 nitrogen and oxygen atoms in total. The third kappa shape index (κ3) is 2.95. The highest BCUT2D eigenvalue weighted by molar-refractivity contribution is 8.27. The number of hydrogen-bond donors (Lipinski definition) is 0. The number of anilines is 2. The second-order valence-electron chi connectivity index (χ2n) is 5.94. The van der Waals surface area contributed by atoms with Crippen molar-refractivity contribution in [2.75, 3.05) is 16.3 Å². The zero-order valence-electron chi connectivity index (χ0n) is 14.2. The molecule has 0 aromatic heterocycles. The molecule has 0 spiro atoms. The van der Waals surface area contributed by atoms with E-state index in [0.717, 1.165) is 33.4 Å². The molecule has 1 fully saturated rings. The molecule has 0 aliphatic carbocycles. The Bertz CT molecular complexity index is 956. The first-order chi connectivity index (χ1) is 12.5. The summed E-state index contributed by atoms with van der Waals surface area (Å²) < 4.78 is 0.562. The van der Waals surface area contributed by atoms with E-state index in [-0.39, 0.29) is 5.91 Å². The number of nitrogens with zero attached hydrogens (tertiary/aromatic N) is 2. The Hall–Kier alpha value is -1.47. The number of hydrogen-bond acceptors (Lipinski definition) is 5. The van der Waals surface area contributed by atoms with Crippen molar-refractivity contribution in [1.29, 1.82) is 0 Å². The first-order valence-electron chi connectivity index (χ1n) is 8.11. The molecular weight excluding hydrogens is 404 g/mol. The smallest absolute Gasteiger partial charge is 0.273 e. The Labute approximate surface area is 171 Å². The van der Waals surface area contributed by atoms with E-state index in [9.17, 15) is 4.79 Å². The van der Waals surface area contributed by atoms with Gasteiger partial charge in [0.05, 0.1) is 11.4 Å². The fourth-order valence-electron chi connectivity index (χ4n) is 2.95. The largest absolute Gasteiger partial charge is 0.334 e. The SMILES string of the molecule is CCN1/C(=C2/SC(=S)N(c3ccc(C)cc3)C2=O)Sc2ccc(Cl)cc21. The first kappa shape index (κ1) is 17.9. The number of thioether (sulfide) groups is 2. The number of fused-ring (bicyclic) bond motifs is 1. The molecule has 2 aliphatic heterocycles. The molecule has 0 bridgehead atoms. The molecule has 0 saturated carbocycles. The normalized spacial score (nSPS) is 19.5. The van der Waals surface area contributed by atoms with E-state index < -0.39 is 0 Å². The van der Waals surface area contributed by atoms with E-state index >= 15 is 0 Å². The number of halogens is 1. The second kappa shape index (κ2) is 6.93. The Morgan fingerprint density at radius 1 is 1.12 bits per heavy atom. The average molecular weight is 419 g/mol. The van der Waals surface area contributed by atoms with Gasteiger partial charge in [0, 0.05) is 16.5 Å². The van der Waals surface area contributed by atoms with Crippen LogP contribution < -0.4 is 9.80 Å². The Morgan fingerprint density at radius 3 is 2.54 bits per heavy atom. The quantitative estimate of drug-likeness (QED) is 0.452. The van der Waals surface area contributed by atoms with Gasteiger partial charge in [0.25, 0.3) is 5.91 Å². The van der Waals surface area contributed by atoms with E-state index in [0.29, 0.717) is 14.2 Å². The van der Waals surface area contributed by atoms with Crippen LogP contribution in [0.5, 0.6) is 0 Å². The van der Waals surface area contributed by atoms with Crippen molar-refractivity contribution in [3.05, 3.63) is 63.0 Å². The summed E-state index contributed by atoms with van der Waals surface area (Å²) in [6, 6.07) is 13.7. The molecule has 2 aromatic rings. The van der Waals surface area contributed by atoms with E-state index in [1.807, 2.05) is 49.4 Å². The van der Waals surface area contributed by atoms with Crippen LogP contribution in [-0.4, -0.2) is 16.8 Å². The molecule has 2 aromatic carbocycles. The van der Waals surface area contributed by atoms with Gasteiger partial charge >= 0.3 is 0 Å². The third-order valence-electron chi connectivity index (χ3n) is 4.24. The summed E-state index contributed by atoms with van der Waals surface area (Å²) in [5, 5.41) is 1.62. The van der Waals surface area contributed by atoms with Crippen molar-refractivity contribution in [2.45, 2.75) is 18.7 Å². The van der Waals surface area contributed by atoms with Gasteiger partial charge in [0.15, 0.2) is 4.32 Å². The molecule has 0 unspecified atom stereocenters. The summed E-state index contributed by atoms with van der Waals surface area (Å²) >= 11 is 14.6. The zero-order chi connectivity index (χ0) is 18.4. The van der Waals surface area contributed by atoms with Crippen molar-refractivity contribution < 1.29 is 4.79 Å². The standard InChI is InChI=1S/C19H15ClN2OS3/c1-3-21-14-10-12(20)6-9-15(14)25-18(21)16-17(23)22(19(24)26-16)13-7-4-11(2)5-8-13/h4-10H,3H2,1-2H3/b18-16-. The van der Waals surface area contributed by atoms with Crippen molar-refractivity contribution in [1.82, 2.24) is 0 Å². The lowest BCUT2D eigenvalue weighted by atomic mass is 10.2. The van der Waals surface area contributed by atoms with Gasteiger partial charge in [-0.25, -0.2) is 0 Å². The van der Waals surface area contributed by atoms with E-state index in [4.69, 9.17) is 23.8 Å². The Kier molecular flexibility index (Phi) is 4.77. The lowest BCUT2D eigenvalue weighted by molar-refractivity contribution is -0.113. The number of amides is 1. The molecule has 0 atom stereocenters. The summed E-state index contributed by atoms with van der Waals surface area (Å²) in [6.07, 6.45) is 0. The maximum atomic E-state index is 13.2. The predicted octanol–water partition coefficient (Wildman–Crippen LogP) is 5.81. The van der Waals surface area contributed by atoms with Crippen LogP contribution in [0.4, 0.5) is 11.4 Å². The minimum atomic E-state index is -0.0660. The molecule has 1 amide bonds. The molecule has 132 valence electrons. The van der Waals surface area contributed by atoms with Crippen LogP contribution in [0.1, 0.15) is 12.5 Å². The number of carbonyl (C=O) groups is 1. The lowest BCUT2D eigenvalue weighted by Gasteiger charge is -2.19. The molecule has 0 N–H and O–H groups in total. The summed E-state index contributed by atoms with van der Waals surface area (Å²) in [4.78, 5) is 18.7. The monoisotopic (exact) mass is 418 g/mol. The van der Waals surface area contributed by atoms with Gasteiger partial charge in [0.1, 0.15) is 9.93 Å². The van der Waals surface area contributed by atoms with Gasteiger partial charge in [0.2, 0.25) is 0 Å². The molecule has 26 heavy (non-hydrogen) atoms. The summed E-state index contributed by atoms with van der Waals surface area (Å²) in [5.41, 5.74) is 2.99. The number of aryl methyl sites for hydroxylation is 1. The molecule has 2 heterocycles. The average Bonchev–Trinajstić information content (AvgIpc) is 3.12. The fourth-order valence-corrected chi connectivity index (χ4v) is 5.77. The van der Waals surface area contributed by atoms with E-state index in [1.54, 1.807) is 16.7 Å². The maximum Gasteiger partial charge on any atom is 0.273 e. The Morgan fingerprint density at radius 2 is 1.85 bits per heavy atom. The van der Waals surface area contributed by atoms with Crippen LogP contribution in [0.25, 0.3) is 0 Å². The van der Waals surface area contributed by atoms with Crippen molar-refractivity contribution >= 4 is 68.9 Å². The topological polar surface area (TPSA) is 23.6 Å². The first-order valence-corrected chi connectivity index (χ1v) is 10.5. The number of carbonyl (C=O) groups excluding carboxylic acids is 1. The number of thiocarbonyl (C=S) groups is 1. The maximum absolute atomic E-state index is 13.2. The van der Waals surface area contributed by atoms with Crippen LogP contribution in [0.2, 0.25) is 5.02 Å². The third-order valence-corrected chi connectivity index (χ3v) is 7.14. The van der Waals surface area contributed by atoms with Crippen LogP contribution in [-0.2, 0) is 4.79 Å². The predicted molar refractivity (Wildman–Crippen MR) is 116 cm³/mol. The molecule has 4 rings (SSSR count). The summed E-state index contributed by atoms with van der Waals surface area (Å²) in [5.74, 6) is -0.0660. The van der Waals surface area contributed by atoms with Crippen LogP contribution >= 0.6 is 47.3 Å². The molecule has 0 radical (unpaired) electrons. The Balaban J connectivity index is 1.75. The van der Waals surface area contributed by atoms with Crippen molar-refractivity contribution in [3.8, 4) is 0 Å². The van der Waals surface area contributed by atoms with Gasteiger partial charge in [-0.2, -0.15) is 0 Å². The van der Waals surface area contributed by atoms with Crippen LogP contribution in [0, 0.1) is 6.92 Å². The lowest BCUT2D eigenvalue weighted by Crippen LogP contribution is -2.28. The molecule has 2 aliphatic rings. The highest BCUT2D eigenvalue weighted by Gasteiger charge is 2.39. The van der Waals surface area contributed by atoms with Crippen molar-refractivity contribution in [3.63, 3.8) is 0 Å². The minimum Gasteiger partial charge on any atom is -0.334 e. The van der Waals surface area contributed by atoms with E-state index in [2.05, 4.69) is 11.8 Å². The highest BCUT2D eigenvalue weighted by atomic mass is 35.5. The second-order valence-corrected chi connectivity index (χ2v) is 9.05. The van der Waals surface area contributed by atoms with Gasteiger partial charge in [-0.15, -0.1) is 0 Å². The minimum absolute atomic E-state index is 0.0660. The van der Waals surface area contributed by atoms with Gasteiger partial charge in [-0.3, -0.25) is 9.69 Å². The highest BCUT2D eigenvalue weighted by Crippen LogP contribution is 2.51. The summed E-state index contributed by atoms with van der Waals surface area (Å²) in [7, 11) is 0. The summed E-state index contributed by atoms with van der Waals surface area (Å²) in [6.45, 7) is 4.84. The molecule has 7 heteroatoms. The fraction of sp³-hybridized carbons (Fsp3) is 0.158. The van der Waals surface area contributed by atoms with Crippen molar-refractivity contribution in [2.24, 2.45) is 0 Å². The zero-order valence-corrected chi connectivity index (χ0v) is 17.4. The van der Waals surface area contributed by atoms with Crippen LogP contribution in [0.15, 0.2) is 57.3 Å². The number of rotatable bonds is 2.